The minimum Gasteiger partial charge on any atom is -0.462 e. The van der Waals surface area contributed by atoms with Gasteiger partial charge in [-0.15, -0.1) is 0 Å². The molecule has 1 heterocycles. The molecular formula is C12H10ClNO3. The Morgan fingerprint density at radius 3 is 2.82 bits per heavy atom. The summed E-state index contributed by atoms with van der Waals surface area (Å²) in [5.41, 5.74) is 0.186. The molecule has 17 heavy (non-hydrogen) atoms. The molecule has 0 saturated heterocycles. The lowest BCUT2D eigenvalue weighted by Crippen LogP contribution is -2.15. The van der Waals surface area contributed by atoms with Crippen molar-refractivity contribution in [2.75, 3.05) is 6.61 Å². The summed E-state index contributed by atoms with van der Waals surface area (Å²) in [7, 11) is 0. The zero-order valence-electron chi connectivity index (χ0n) is 9.12. The number of ether oxygens (including phenoxy) is 1. The first-order valence-corrected chi connectivity index (χ1v) is 5.50. The van der Waals surface area contributed by atoms with E-state index in [0.717, 1.165) is 0 Å². The molecule has 2 aromatic rings. The van der Waals surface area contributed by atoms with E-state index in [2.05, 4.69) is 4.98 Å². The first-order valence-electron chi connectivity index (χ1n) is 5.12. The van der Waals surface area contributed by atoms with E-state index in [0.29, 0.717) is 10.9 Å². The van der Waals surface area contributed by atoms with Crippen molar-refractivity contribution >= 4 is 28.5 Å². The molecule has 5 heteroatoms. The summed E-state index contributed by atoms with van der Waals surface area (Å²) >= 11 is 5.86. The highest BCUT2D eigenvalue weighted by Crippen LogP contribution is 2.22. The fraction of sp³-hybridized carbons (Fsp3) is 0.167. The number of benzene rings is 1. The van der Waals surface area contributed by atoms with Crippen LogP contribution in [0.4, 0.5) is 0 Å². The number of nitrogens with one attached hydrogen (secondary N) is 1. The van der Waals surface area contributed by atoms with Gasteiger partial charge in [-0.3, -0.25) is 4.79 Å². The molecule has 0 saturated carbocycles. The van der Waals surface area contributed by atoms with Crippen molar-refractivity contribution in [3.05, 3.63) is 45.2 Å². The average Bonchev–Trinajstić information content (AvgIpc) is 2.31. The third kappa shape index (κ3) is 2.03. The largest absolute Gasteiger partial charge is 0.462 e. The van der Waals surface area contributed by atoms with Crippen molar-refractivity contribution in [1.29, 1.82) is 0 Å². The number of pyridine rings is 1. The number of aromatic nitrogens is 1. The maximum atomic E-state index is 11.8. The molecule has 0 aliphatic heterocycles. The Balaban J connectivity index is 2.79. The zero-order valence-corrected chi connectivity index (χ0v) is 9.88. The first kappa shape index (κ1) is 11.7. The quantitative estimate of drug-likeness (QED) is 0.834. The Morgan fingerprint density at radius 2 is 2.12 bits per heavy atom. The van der Waals surface area contributed by atoms with Crippen LogP contribution in [0.5, 0.6) is 0 Å². The number of esters is 1. The van der Waals surface area contributed by atoms with Gasteiger partial charge in [-0.05, 0) is 13.0 Å². The third-order valence-electron chi connectivity index (χ3n) is 2.34. The number of aromatic amines is 1. The smallest absolute Gasteiger partial charge is 0.340 e. The number of hydrogen-bond acceptors (Lipinski definition) is 3. The molecular weight excluding hydrogens is 242 g/mol. The second-order valence-corrected chi connectivity index (χ2v) is 3.79. The molecule has 88 valence electrons. The molecule has 0 aliphatic rings. The molecule has 0 atom stereocenters. The van der Waals surface area contributed by atoms with Crippen molar-refractivity contribution < 1.29 is 9.53 Å². The number of para-hydroxylation sites is 1. The van der Waals surface area contributed by atoms with Crippen LogP contribution in [0.2, 0.25) is 5.02 Å². The van der Waals surface area contributed by atoms with Gasteiger partial charge >= 0.3 is 5.97 Å². The number of carbonyl (C=O) groups is 1. The van der Waals surface area contributed by atoms with Gasteiger partial charge in [-0.1, -0.05) is 29.8 Å². The van der Waals surface area contributed by atoms with E-state index in [1.54, 1.807) is 31.2 Å². The van der Waals surface area contributed by atoms with Crippen LogP contribution in [0.3, 0.4) is 0 Å². The molecule has 0 fully saturated rings. The lowest BCUT2D eigenvalue weighted by Gasteiger charge is -2.07. The summed E-state index contributed by atoms with van der Waals surface area (Å²) in [5.74, 6) is -0.584. The van der Waals surface area contributed by atoms with Crippen LogP contribution in [0.15, 0.2) is 29.1 Å². The van der Waals surface area contributed by atoms with Crippen LogP contribution in [-0.2, 0) is 4.74 Å². The number of carbonyl (C=O) groups excluding carboxylic acids is 1. The highest BCUT2D eigenvalue weighted by Gasteiger charge is 2.18. The molecule has 4 nitrogen and oxygen atoms in total. The molecule has 0 bridgehead atoms. The normalized spacial score (nSPS) is 10.5. The monoisotopic (exact) mass is 251 g/mol. The zero-order chi connectivity index (χ0) is 12.4. The summed E-state index contributed by atoms with van der Waals surface area (Å²) in [4.78, 5) is 25.9. The van der Waals surface area contributed by atoms with E-state index in [4.69, 9.17) is 16.3 Å². The Hall–Kier alpha value is -1.81. The van der Waals surface area contributed by atoms with Gasteiger partial charge in [0.2, 0.25) is 0 Å². The molecule has 1 N–H and O–H groups in total. The van der Waals surface area contributed by atoms with E-state index in [1.807, 2.05) is 0 Å². The van der Waals surface area contributed by atoms with Crippen molar-refractivity contribution in [1.82, 2.24) is 4.98 Å². The van der Waals surface area contributed by atoms with Crippen LogP contribution in [0.25, 0.3) is 10.9 Å². The minimum absolute atomic E-state index is 0.118. The highest BCUT2D eigenvalue weighted by molar-refractivity contribution is 6.35. The average molecular weight is 252 g/mol. The van der Waals surface area contributed by atoms with E-state index in [1.165, 1.54) is 0 Å². The maximum absolute atomic E-state index is 11.8. The predicted molar refractivity (Wildman–Crippen MR) is 65.5 cm³/mol. The number of hydrogen-bond donors (Lipinski definition) is 1. The van der Waals surface area contributed by atoms with Gasteiger partial charge in [-0.25, -0.2) is 4.79 Å². The Kier molecular flexibility index (Phi) is 3.15. The SMILES string of the molecule is CCOC(=O)c1c(Cl)c(=O)[nH]c2ccccc12. The summed E-state index contributed by atoms with van der Waals surface area (Å²) < 4.78 is 4.90. The number of rotatable bonds is 2. The van der Waals surface area contributed by atoms with Crippen LogP contribution in [0, 0.1) is 0 Å². The summed E-state index contributed by atoms with van der Waals surface area (Å²) in [6.07, 6.45) is 0. The fourth-order valence-corrected chi connectivity index (χ4v) is 1.85. The van der Waals surface area contributed by atoms with Crippen LogP contribution >= 0.6 is 11.6 Å². The summed E-state index contributed by atoms with van der Waals surface area (Å²) in [6, 6.07) is 6.94. The van der Waals surface area contributed by atoms with E-state index in [9.17, 15) is 9.59 Å². The second-order valence-electron chi connectivity index (χ2n) is 3.41. The van der Waals surface area contributed by atoms with Crippen LogP contribution in [-0.4, -0.2) is 17.6 Å². The van der Waals surface area contributed by atoms with Gasteiger partial charge in [-0.2, -0.15) is 0 Å². The lowest BCUT2D eigenvalue weighted by atomic mass is 10.1. The van der Waals surface area contributed by atoms with E-state index in [-0.39, 0.29) is 17.2 Å². The molecule has 1 aromatic carbocycles. The first-order chi connectivity index (χ1) is 8.15. The highest BCUT2D eigenvalue weighted by atomic mass is 35.5. The molecule has 0 unspecified atom stereocenters. The van der Waals surface area contributed by atoms with Crippen molar-refractivity contribution in [2.24, 2.45) is 0 Å². The van der Waals surface area contributed by atoms with E-state index < -0.39 is 11.5 Å². The number of H-pyrrole nitrogens is 1. The molecule has 2 rings (SSSR count). The van der Waals surface area contributed by atoms with Crippen molar-refractivity contribution in [3.8, 4) is 0 Å². The Bertz CT molecular complexity index is 633. The van der Waals surface area contributed by atoms with E-state index >= 15 is 0 Å². The van der Waals surface area contributed by atoms with Gasteiger partial charge in [0.1, 0.15) is 5.02 Å². The minimum atomic E-state index is -0.584. The van der Waals surface area contributed by atoms with Crippen LogP contribution in [0.1, 0.15) is 17.3 Å². The molecule has 0 amide bonds. The lowest BCUT2D eigenvalue weighted by molar-refractivity contribution is 0.0528. The third-order valence-corrected chi connectivity index (χ3v) is 2.70. The summed E-state index contributed by atoms with van der Waals surface area (Å²) in [5, 5.41) is 0.442. The number of halogens is 1. The van der Waals surface area contributed by atoms with Gasteiger partial charge in [0.05, 0.1) is 12.2 Å². The topological polar surface area (TPSA) is 59.2 Å². The van der Waals surface area contributed by atoms with Crippen molar-refractivity contribution in [3.63, 3.8) is 0 Å². The summed E-state index contributed by atoms with van der Waals surface area (Å²) in [6.45, 7) is 1.93. The number of fused-ring (bicyclic) bond motifs is 1. The molecule has 0 aliphatic carbocycles. The van der Waals surface area contributed by atoms with Crippen molar-refractivity contribution in [2.45, 2.75) is 6.92 Å². The molecule has 0 spiro atoms. The molecule has 0 radical (unpaired) electrons. The van der Waals surface area contributed by atoms with Crippen LogP contribution < -0.4 is 5.56 Å². The Morgan fingerprint density at radius 1 is 1.41 bits per heavy atom. The molecule has 1 aromatic heterocycles. The second kappa shape index (κ2) is 4.59. The maximum Gasteiger partial charge on any atom is 0.340 e. The predicted octanol–water partition coefficient (Wildman–Crippen LogP) is 2.36. The van der Waals surface area contributed by atoms with Gasteiger partial charge < -0.3 is 9.72 Å². The van der Waals surface area contributed by atoms with Gasteiger partial charge in [0.25, 0.3) is 5.56 Å². The van der Waals surface area contributed by atoms with Gasteiger partial charge in [0, 0.05) is 10.9 Å². The fourth-order valence-electron chi connectivity index (χ4n) is 1.62. The Labute approximate surface area is 102 Å². The standard InChI is InChI=1S/C12H10ClNO3/c1-2-17-12(16)9-7-5-3-4-6-8(7)14-11(15)10(9)13/h3-6H,2H2,1H3,(H,14,15). The van der Waals surface area contributed by atoms with Gasteiger partial charge in [0.15, 0.2) is 0 Å².